The molecule has 3 aromatic rings. The van der Waals surface area contributed by atoms with Gasteiger partial charge in [-0.15, -0.1) is 11.8 Å². The van der Waals surface area contributed by atoms with Gasteiger partial charge < -0.3 is 19.7 Å². The van der Waals surface area contributed by atoms with Crippen LogP contribution in [0.5, 0.6) is 23.0 Å². The molecule has 2 heterocycles. The quantitative estimate of drug-likeness (QED) is 0.446. The largest absolute Gasteiger partial charge is 0.508 e. The Kier molecular flexibility index (Phi) is 6.57. The first-order valence-corrected chi connectivity index (χ1v) is 12.5. The summed E-state index contributed by atoms with van der Waals surface area (Å²) in [4.78, 5) is 2.74. The summed E-state index contributed by atoms with van der Waals surface area (Å²) in [5.41, 5.74) is 1.82. The van der Waals surface area contributed by atoms with Crippen molar-refractivity contribution in [2.75, 3.05) is 19.7 Å². The number of nitrogens with zero attached hydrogens (tertiary/aromatic N) is 1. The fraction of sp³-hybridized carbons (Fsp3) is 0.333. The number of hydrogen-bond acceptors (Lipinski definition) is 6. The highest BCUT2D eigenvalue weighted by molar-refractivity contribution is 7.99. The third-order valence-electron chi connectivity index (χ3n) is 6.50. The maximum absolute atomic E-state index is 14.7. The van der Waals surface area contributed by atoms with Crippen molar-refractivity contribution in [2.24, 2.45) is 0 Å². The maximum atomic E-state index is 14.7. The van der Waals surface area contributed by atoms with Crippen molar-refractivity contribution in [2.45, 2.75) is 42.1 Å². The molecule has 0 bridgehead atoms. The van der Waals surface area contributed by atoms with Gasteiger partial charge in [-0.05, 0) is 80.4 Å². The topological polar surface area (TPSA) is 62.2 Å². The average molecular weight is 482 g/mol. The number of aromatic hydroxyl groups is 2. The highest BCUT2D eigenvalue weighted by atomic mass is 32.2. The molecule has 7 heteroatoms. The van der Waals surface area contributed by atoms with Crippen molar-refractivity contribution in [3.63, 3.8) is 0 Å². The normalized spacial score (nSPS) is 21.0. The zero-order chi connectivity index (χ0) is 23.7. The lowest BCUT2D eigenvalue weighted by Gasteiger charge is -2.34. The summed E-state index contributed by atoms with van der Waals surface area (Å²) in [7, 11) is 0. The minimum absolute atomic E-state index is 0.163. The first-order valence-electron chi connectivity index (χ1n) is 11.6. The monoisotopic (exact) mass is 481 g/mol. The van der Waals surface area contributed by atoms with Crippen molar-refractivity contribution in [3.8, 4) is 23.0 Å². The van der Waals surface area contributed by atoms with Crippen LogP contribution >= 0.6 is 11.8 Å². The molecule has 0 saturated carbocycles. The van der Waals surface area contributed by atoms with Gasteiger partial charge in [-0.3, -0.25) is 4.90 Å². The van der Waals surface area contributed by atoms with Crippen LogP contribution < -0.4 is 9.47 Å². The summed E-state index contributed by atoms with van der Waals surface area (Å²) in [6, 6.07) is 18.0. The Bertz CT molecular complexity index is 1130. The van der Waals surface area contributed by atoms with Gasteiger partial charge in [0.15, 0.2) is 11.6 Å². The number of hydrogen-bond donors (Lipinski definition) is 2. The van der Waals surface area contributed by atoms with Gasteiger partial charge in [-0.2, -0.15) is 0 Å². The molecule has 178 valence electrons. The summed E-state index contributed by atoms with van der Waals surface area (Å²) in [6.07, 6.45) is 2.13. The van der Waals surface area contributed by atoms with Crippen molar-refractivity contribution in [3.05, 3.63) is 77.6 Å². The van der Waals surface area contributed by atoms with E-state index in [1.165, 1.54) is 30.7 Å². The molecule has 5 rings (SSSR count). The molecule has 5 nitrogen and oxygen atoms in total. The van der Waals surface area contributed by atoms with Crippen molar-refractivity contribution < 1.29 is 24.1 Å². The summed E-state index contributed by atoms with van der Waals surface area (Å²) < 4.78 is 27.0. The van der Waals surface area contributed by atoms with Gasteiger partial charge in [0.05, 0.1) is 10.1 Å². The standard InChI is InChI=1S/C27H28FNO4S/c1-17(29-14-2-3-15-29)16-32-21-10-6-18(7-11-21)25-26(19-4-8-20(30)9-5-19)34-27-23(33-25)13-12-22(31)24(27)28/h4-13,17,25-26,30-31H,2-3,14-16H2,1H3/t17-,25-,26+/m0/s1. The molecule has 2 N–H and O–H groups in total. The maximum Gasteiger partial charge on any atom is 0.182 e. The Hall–Kier alpha value is -2.90. The number of thioether (sulfide) groups is 1. The van der Waals surface area contributed by atoms with Crippen molar-refractivity contribution >= 4 is 11.8 Å². The van der Waals surface area contributed by atoms with E-state index in [9.17, 15) is 14.6 Å². The molecule has 0 amide bonds. The Morgan fingerprint density at radius 3 is 2.38 bits per heavy atom. The zero-order valence-electron chi connectivity index (χ0n) is 19.0. The number of halogens is 1. The van der Waals surface area contributed by atoms with Crippen LogP contribution in [-0.2, 0) is 0 Å². The van der Waals surface area contributed by atoms with Crippen LogP contribution in [-0.4, -0.2) is 40.9 Å². The summed E-state index contributed by atoms with van der Waals surface area (Å²) in [5.74, 6) is 0.287. The van der Waals surface area contributed by atoms with Gasteiger partial charge in [-0.1, -0.05) is 24.3 Å². The first kappa shape index (κ1) is 22.9. The smallest absolute Gasteiger partial charge is 0.182 e. The Morgan fingerprint density at radius 1 is 1.00 bits per heavy atom. The molecule has 1 fully saturated rings. The second-order valence-corrected chi connectivity index (χ2v) is 10.0. The molecule has 3 aromatic carbocycles. The number of phenols is 2. The lowest BCUT2D eigenvalue weighted by molar-refractivity contribution is 0.172. The number of fused-ring (bicyclic) bond motifs is 1. The minimum atomic E-state index is -0.680. The van der Waals surface area contributed by atoms with E-state index in [0.29, 0.717) is 18.4 Å². The number of ether oxygens (including phenoxy) is 2. The Balaban J connectivity index is 1.38. The highest BCUT2D eigenvalue weighted by Gasteiger charge is 2.35. The van der Waals surface area contributed by atoms with Crippen molar-refractivity contribution in [1.82, 2.24) is 4.90 Å². The van der Waals surface area contributed by atoms with Crippen LogP contribution in [0.3, 0.4) is 0 Å². The van der Waals surface area contributed by atoms with E-state index in [-0.39, 0.29) is 22.0 Å². The first-order chi connectivity index (χ1) is 16.5. The molecule has 2 aliphatic rings. The van der Waals surface area contributed by atoms with Gasteiger partial charge in [-0.25, -0.2) is 4.39 Å². The number of benzene rings is 3. The Labute approximate surface area is 203 Å². The highest BCUT2D eigenvalue weighted by Crippen LogP contribution is 2.55. The fourth-order valence-electron chi connectivity index (χ4n) is 4.53. The van der Waals surface area contributed by atoms with E-state index in [1.807, 2.05) is 36.4 Å². The fourth-order valence-corrected chi connectivity index (χ4v) is 5.85. The van der Waals surface area contributed by atoms with Crippen LogP contribution in [0.25, 0.3) is 0 Å². The number of rotatable bonds is 6. The molecule has 0 aliphatic carbocycles. The molecular formula is C27H28FNO4S. The molecule has 2 aliphatic heterocycles. The predicted octanol–water partition coefficient (Wildman–Crippen LogP) is 6.07. The second kappa shape index (κ2) is 9.76. The van der Waals surface area contributed by atoms with Crippen LogP contribution in [0.4, 0.5) is 4.39 Å². The SMILES string of the molecule is C[C@@H](COc1ccc([C@@H]2Oc3ccc(O)c(F)c3S[C@@H]2c2ccc(O)cc2)cc1)N1CCCC1. The molecule has 0 unspecified atom stereocenters. The van der Waals surface area contributed by atoms with E-state index >= 15 is 0 Å². The van der Waals surface area contributed by atoms with E-state index in [1.54, 1.807) is 18.2 Å². The van der Waals surface area contributed by atoms with Gasteiger partial charge in [0, 0.05) is 6.04 Å². The summed E-state index contributed by atoms with van der Waals surface area (Å²) >= 11 is 1.31. The third-order valence-corrected chi connectivity index (χ3v) is 7.89. The van der Waals surface area contributed by atoms with Gasteiger partial charge in [0.2, 0.25) is 0 Å². The lowest BCUT2D eigenvalue weighted by atomic mass is 10.00. The van der Waals surface area contributed by atoms with E-state index < -0.39 is 11.6 Å². The van der Waals surface area contributed by atoms with Gasteiger partial charge in [0.1, 0.15) is 30.0 Å². The van der Waals surface area contributed by atoms with E-state index in [2.05, 4.69) is 11.8 Å². The van der Waals surface area contributed by atoms with E-state index in [4.69, 9.17) is 9.47 Å². The van der Waals surface area contributed by atoms with Gasteiger partial charge >= 0.3 is 0 Å². The van der Waals surface area contributed by atoms with Crippen LogP contribution in [0.15, 0.2) is 65.6 Å². The van der Waals surface area contributed by atoms with Crippen molar-refractivity contribution in [1.29, 1.82) is 0 Å². The second-order valence-electron chi connectivity index (χ2n) is 8.87. The van der Waals surface area contributed by atoms with Crippen LogP contribution in [0.2, 0.25) is 0 Å². The summed E-state index contributed by atoms with van der Waals surface area (Å²) in [6.45, 7) is 5.11. The predicted molar refractivity (Wildman–Crippen MR) is 130 cm³/mol. The molecule has 0 spiro atoms. The van der Waals surface area contributed by atoms with Crippen LogP contribution in [0.1, 0.15) is 42.2 Å². The van der Waals surface area contributed by atoms with Crippen LogP contribution in [0, 0.1) is 5.82 Å². The minimum Gasteiger partial charge on any atom is -0.508 e. The van der Waals surface area contributed by atoms with Gasteiger partial charge in [0.25, 0.3) is 0 Å². The number of likely N-dealkylation sites (tertiary alicyclic amines) is 1. The lowest BCUT2D eigenvalue weighted by Crippen LogP contribution is -2.34. The molecule has 0 aromatic heterocycles. The molecule has 34 heavy (non-hydrogen) atoms. The van der Waals surface area contributed by atoms with E-state index in [0.717, 1.165) is 30.0 Å². The molecule has 3 atom stereocenters. The Morgan fingerprint density at radius 2 is 1.68 bits per heavy atom. The molecule has 0 radical (unpaired) electrons. The average Bonchev–Trinajstić information content (AvgIpc) is 3.40. The molecular weight excluding hydrogens is 453 g/mol. The summed E-state index contributed by atoms with van der Waals surface area (Å²) in [5, 5.41) is 19.3. The number of phenolic OH excluding ortho intramolecular Hbond substituents is 2. The molecule has 1 saturated heterocycles. The zero-order valence-corrected chi connectivity index (χ0v) is 19.8. The third kappa shape index (κ3) is 4.68.